The van der Waals surface area contributed by atoms with Crippen LogP contribution in [-0.2, 0) is 11.8 Å². The van der Waals surface area contributed by atoms with Gasteiger partial charge in [0.1, 0.15) is 11.3 Å². The molecule has 8 heteroatoms. The van der Waals surface area contributed by atoms with Crippen molar-refractivity contribution in [1.82, 2.24) is 24.6 Å². The Morgan fingerprint density at radius 3 is 2.74 bits per heavy atom. The number of carbonyl (C=O) groups is 1. The smallest absolute Gasteiger partial charge is 0.233 e. The lowest BCUT2D eigenvalue weighted by Gasteiger charge is -2.39. The highest BCUT2D eigenvalue weighted by atomic mass is 32.2. The number of carbonyl (C=O) groups excluding carboxylic acids is 1. The fourth-order valence-electron chi connectivity index (χ4n) is 3.99. The summed E-state index contributed by atoms with van der Waals surface area (Å²) >= 11 is 1.30. The molecule has 0 bridgehead atoms. The topological polar surface area (TPSA) is 63.9 Å². The Balaban J connectivity index is 1.57. The van der Waals surface area contributed by atoms with Crippen molar-refractivity contribution in [1.29, 1.82) is 0 Å². The standard InChI is InChI=1S/C19H22FN5OS/c1-11-5-4-6-12(2)25(11)16(26)10-27-19-21-18-17(22-23-19)14-9-13(20)7-8-15(14)24(18)3/h7-9,11-12H,4-6,10H2,1-3H3/t11-,12-/m1/s1. The first kappa shape index (κ1) is 18.2. The van der Waals surface area contributed by atoms with E-state index < -0.39 is 0 Å². The van der Waals surface area contributed by atoms with Crippen molar-refractivity contribution in [3.8, 4) is 0 Å². The molecule has 1 aliphatic heterocycles. The van der Waals surface area contributed by atoms with Crippen LogP contribution in [0.25, 0.3) is 22.1 Å². The molecule has 27 heavy (non-hydrogen) atoms. The van der Waals surface area contributed by atoms with Crippen LogP contribution in [0.4, 0.5) is 4.39 Å². The van der Waals surface area contributed by atoms with Gasteiger partial charge in [0.25, 0.3) is 0 Å². The number of amides is 1. The summed E-state index contributed by atoms with van der Waals surface area (Å²) < 4.78 is 15.5. The largest absolute Gasteiger partial charge is 0.337 e. The fourth-order valence-corrected chi connectivity index (χ4v) is 4.64. The highest BCUT2D eigenvalue weighted by Gasteiger charge is 2.28. The van der Waals surface area contributed by atoms with Crippen molar-refractivity contribution in [3.63, 3.8) is 0 Å². The average molecular weight is 387 g/mol. The molecule has 0 spiro atoms. The number of likely N-dealkylation sites (tertiary alicyclic amines) is 1. The Bertz CT molecular complexity index is 1010. The number of aromatic nitrogens is 4. The third-order valence-corrected chi connectivity index (χ3v) is 6.17. The molecule has 3 heterocycles. The molecule has 3 aromatic rings. The van der Waals surface area contributed by atoms with Crippen LogP contribution >= 0.6 is 11.8 Å². The lowest BCUT2D eigenvalue weighted by atomic mass is 9.98. The van der Waals surface area contributed by atoms with Gasteiger partial charge in [-0.15, -0.1) is 10.2 Å². The van der Waals surface area contributed by atoms with Gasteiger partial charge in [0.05, 0.1) is 11.3 Å². The minimum atomic E-state index is -0.314. The van der Waals surface area contributed by atoms with Gasteiger partial charge in [-0.1, -0.05) is 11.8 Å². The summed E-state index contributed by atoms with van der Waals surface area (Å²) in [6, 6.07) is 5.13. The second-order valence-corrected chi connectivity index (χ2v) is 8.15. The maximum atomic E-state index is 13.6. The van der Waals surface area contributed by atoms with E-state index in [0.29, 0.717) is 27.5 Å². The van der Waals surface area contributed by atoms with Gasteiger partial charge in [0.2, 0.25) is 11.1 Å². The van der Waals surface area contributed by atoms with Crippen LogP contribution in [0.15, 0.2) is 23.4 Å². The first-order valence-electron chi connectivity index (χ1n) is 9.18. The third kappa shape index (κ3) is 3.26. The molecule has 1 amide bonds. The second kappa shape index (κ2) is 7.07. The predicted octanol–water partition coefficient (Wildman–Crippen LogP) is 3.54. The van der Waals surface area contributed by atoms with E-state index in [0.717, 1.165) is 18.4 Å². The summed E-state index contributed by atoms with van der Waals surface area (Å²) in [5.74, 6) is 0.0913. The van der Waals surface area contributed by atoms with Crippen molar-refractivity contribution in [2.24, 2.45) is 7.05 Å². The monoisotopic (exact) mass is 387 g/mol. The molecule has 1 saturated heterocycles. The van der Waals surface area contributed by atoms with Crippen LogP contribution in [-0.4, -0.2) is 48.4 Å². The molecular weight excluding hydrogens is 365 g/mol. The number of benzene rings is 1. The molecule has 142 valence electrons. The van der Waals surface area contributed by atoms with E-state index in [1.165, 1.54) is 30.3 Å². The van der Waals surface area contributed by atoms with Crippen LogP contribution < -0.4 is 0 Å². The van der Waals surface area contributed by atoms with Crippen molar-refractivity contribution >= 4 is 39.7 Å². The molecule has 1 fully saturated rings. The van der Waals surface area contributed by atoms with E-state index in [2.05, 4.69) is 29.0 Å². The molecule has 0 radical (unpaired) electrons. The normalized spacial score (nSPS) is 20.5. The lowest BCUT2D eigenvalue weighted by molar-refractivity contribution is -0.134. The number of piperidine rings is 1. The molecule has 1 aromatic carbocycles. The molecular formula is C19H22FN5OS. The quantitative estimate of drug-likeness (QED) is 0.643. The lowest BCUT2D eigenvalue weighted by Crippen LogP contribution is -2.48. The van der Waals surface area contributed by atoms with Gasteiger partial charge in [0, 0.05) is 24.5 Å². The third-order valence-electron chi connectivity index (χ3n) is 5.35. The maximum Gasteiger partial charge on any atom is 0.233 e. The van der Waals surface area contributed by atoms with Crippen LogP contribution in [0.5, 0.6) is 0 Å². The number of hydrogen-bond acceptors (Lipinski definition) is 5. The highest BCUT2D eigenvalue weighted by molar-refractivity contribution is 7.99. The van der Waals surface area contributed by atoms with Gasteiger partial charge in [-0.3, -0.25) is 4.79 Å². The van der Waals surface area contributed by atoms with E-state index in [9.17, 15) is 9.18 Å². The average Bonchev–Trinajstić information content (AvgIpc) is 2.91. The fraction of sp³-hybridized carbons (Fsp3) is 0.474. The van der Waals surface area contributed by atoms with Crippen LogP contribution in [0.3, 0.4) is 0 Å². The van der Waals surface area contributed by atoms with E-state index >= 15 is 0 Å². The minimum Gasteiger partial charge on any atom is -0.337 e. The summed E-state index contributed by atoms with van der Waals surface area (Å²) in [6.07, 6.45) is 3.28. The van der Waals surface area contributed by atoms with Crippen LogP contribution in [0.1, 0.15) is 33.1 Å². The van der Waals surface area contributed by atoms with Crippen molar-refractivity contribution < 1.29 is 9.18 Å². The first-order chi connectivity index (χ1) is 13.0. The number of halogens is 1. The molecule has 0 N–H and O–H groups in total. The molecule has 4 rings (SSSR count). The molecule has 0 aliphatic carbocycles. The molecule has 0 unspecified atom stereocenters. The zero-order chi connectivity index (χ0) is 19.1. The number of hydrogen-bond donors (Lipinski definition) is 0. The Morgan fingerprint density at radius 2 is 2.00 bits per heavy atom. The van der Waals surface area contributed by atoms with Crippen molar-refractivity contribution in [2.45, 2.75) is 50.4 Å². The molecule has 2 aromatic heterocycles. The first-order valence-corrected chi connectivity index (χ1v) is 10.2. The number of thioether (sulfide) groups is 1. The Kier molecular flexibility index (Phi) is 4.75. The maximum absolute atomic E-state index is 13.6. The van der Waals surface area contributed by atoms with Crippen LogP contribution in [0, 0.1) is 5.82 Å². The Hall–Kier alpha value is -2.22. The Labute approximate surface area is 161 Å². The van der Waals surface area contributed by atoms with Crippen molar-refractivity contribution in [2.75, 3.05) is 5.75 Å². The number of aryl methyl sites for hydroxylation is 1. The van der Waals surface area contributed by atoms with Gasteiger partial charge in [-0.05, 0) is 51.3 Å². The molecule has 2 atom stereocenters. The summed E-state index contributed by atoms with van der Waals surface area (Å²) in [5, 5.41) is 9.55. The molecule has 1 aliphatic rings. The summed E-state index contributed by atoms with van der Waals surface area (Å²) in [4.78, 5) is 19.2. The predicted molar refractivity (Wildman–Crippen MR) is 104 cm³/mol. The van der Waals surface area contributed by atoms with Gasteiger partial charge in [-0.25, -0.2) is 9.37 Å². The van der Waals surface area contributed by atoms with E-state index in [-0.39, 0.29) is 23.8 Å². The molecule has 6 nitrogen and oxygen atoms in total. The molecule has 0 saturated carbocycles. The SMILES string of the molecule is C[C@@H]1CCC[C@@H](C)N1C(=O)CSc1nnc2c3cc(F)ccc3n(C)c2n1. The van der Waals surface area contributed by atoms with E-state index in [1.807, 2.05) is 16.5 Å². The highest BCUT2D eigenvalue weighted by Crippen LogP contribution is 2.28. The van der Waals surface area contributed by atoms with Gasteiger partial charge < -0.3 is 9.47 Å². The Morgan fingerprint density at radius 1 is 1.26 bits per heavy atom. The van der Waals surface area contributed by atoms with Crippen LogP contribution in [0.2, 0.25) is 0 Å². The van der Waals surface area contributed by atoms with E-state index in [1.54, 1.807) is 6.07 Å². The van der Waals surface area contributed by atoms with Gasteiger partial charge in [-0.2, -0.15) is 0 Å². The zero-order valence-corrected chi connectivity index (χ0v) is 16.5. The summed E-state index contributed by atoms with van der Waals surface area (Å²) in [6.45, 7) is 4.22. The van der Waals surface area contributed by atoms with Gasteiger partial charge >= 0.3 is 0 Å². The summed E-state index contributed by atoms with van der Waals surface area (Å²) in [5.41, 5.74) is 2.06. The minimum absolute atomic E-state index is 0.113. The second-order valence-electron chi connectivity index (χ2n) is 7.21. The summed E-state index contributed by atoms with van der Waals surface area (Å²) in [7, 11) is 1.87. The van der Waals surface area contributed by atoms with E-state index in [4.69, 9.17) is 0 Å². The number of rotatable bonds is 3. The zero-order valence-electron chi connectivity index (χ0n) is 15.6. The number of nitrogens with zero attached hydrogens (tertiary/aromatic N) is 5. The van der Waals surface area contributed by atoms with Crippen molar-refractivity contribution in [3.05, 3.63) is 24.0 Å². The van der Waals surface area contributed by atoms with Gasteiger partial charge in [0.15, 0.2) is 5.65 Å². The number of fused-ring (bicyclic) bond motifs is 3.